The van der Waals surface area contributed by atoms with Crippen molar-refractivity contribution in [2.24, 2.45) is 0 Å². The topological polar surface area (TPSA) is 102 Å². The molecule has 3 unspecified atom stereocenters. The van der Waals surface area contributed by atoms with Crippen LogP contribution in [0.15, 0.2) is 18.2 Å². The minimum absolute atomic E-state index is 0.0415. The van der Waals surface area contributed by atoms with Gasteiger partial charge in [0, 0.05) is 37.7 Å². The Morgan fingerprint density at radius 1 is 1.25 bits per heavy atom. The standard InChI is InChI=1S/C20H26N4O4/c1-23(14-7-8-21-9-16(14)25)10-12-3-2-4-13-11-24(20(28)18(12)13)15-5-6-17(26)22-19(15)27/h2-4,14-16,21,25H,5-11H2,1H3,(H,22,26,27). The average Bonchev–Trinajstić information content (AvgIpc) is 2.99. The first-order valence-corrected chi connectivity index (χ1v) is 9.80. The van der Waals surface area contributed by atoms with E-state index in [0.717, 1.165) is 24.1 Å². The third kappa shape index (κ3) is 3.43. The molecule has 3 heterocycles. The zero-order chi connectivity index (χ0) is 19.8. The Kier molecular flexibility index (Phi) is 5.18. The van der Waals surface area contributed by atoms with E-state index >= 15 is 0 Å². The van der Waals surface area contributed by atoms with Gasteiger partial charge in [-0.1, -0.05) is 18.2 Å². The van der Waals surface area contributed by atoms with E-state index in [0.29, 0.717) is 31.6 Å². The molecule has 0 aromatic heterocycles. The molecule has 2 saturated heterocycles. The number of carbonyl (C=O) groups is 3. The van der Waals surface area contributed by atoms with Crippen molar-refractivity contribution in [3.05, 3.63) is 34.9 Å². The SMILES string of the molecule is CN(Cc1cccc2c1C(=O)N(C1CCC(=O)NC1=O)C2)C1CCNCC1O. The first-order chi connectivity index (χ1) is 13.5. The molecule has 0 radical (unpaired) electrons. The van der Waals surface area contributed by atoms with Crippen molar-refractivity contribution in [2.75, 3.05) is 20.1 Å². The summed E-state index contributed by atoms with van der Waals surface area (Å²) in [6.45, 7) is 2.37. The zero-order valence-electron chi connectivity index (χ0n) is 16.0. The van der Waals surface area contributed by atoms with Gasteiger partial charge in [0.05, 0.1) is 6.10 Å². The largest absolute Gasteiger partial charge is 0.390 e. The molecule has 8 heteroatoms. The molecule has 1 aromatic carbocycles. The van der Waals surface area contributed by atoms with Crippen molar-refractivity contribution in [1.29, 1.82) is 0 Å². The number of aliphatic hydroxyl groups excluding tert-OH is 1. The zero-order valence-corrected chi connectivity index (χ0v) is 16.0. The number of fused-ring (bicyclic) bond motifs is 1. The lowest BCUT2D eigenvalue weighted by molar-refractivity contribution is -0.136. The molecule has 0 aliphatic carbocycles. The van der Waals surface area contributed by atoms with Crippen LogP contribution >= 0.6 is 0 Å². The maximum atomic E-state index is 13.1. The van der Waals surface area contributed by atoms with Gasteiger partial charge in [0.15, 0.2) is 0 Å². The third-order valence-corrected chi connectivity index (χ3v) is 6.04. The van der Waals surface area contributed by atoms with Crippen LogP contribution in [-0.2, 0) is 22.7 Å². The van der Waals surface area contributed by atoms with Gasteiger partial charge in [0.25, 0.3) is 5.91 Å². The monoisotopic (exact) mass is 386 g/mol. The first kappa shape index (κ1) is 19.0. The molecule has 2 fully saturated rings. The fourth-order valence-corrected chi connectivity index (χ4v) is 4.55. The van der Waals surface area contributed by atoms with Gasteiger partial charge in [-0.15, -0.1) is 0 Å². The molecule has 1 aromatic rings. The van der Waals surface area contributed by atoms with Crippen LogP contribution in [0, 0.1) is 0 Å². The molecule has 0 bridgehead atoms. The summed E-state index contributed by atoms with van der Waals surface area (Å²) in [7, 11) is 1.97. The Hall–Kier alpha value is -2.29. The molecule has 0 saturated carbocycles. The van der Waals surface area contributed by atoms with E-state index in [1.807, 2.05) is 25.2 Å². The maximum Gasteiger partial charge on any atom is 0.255 e. The number of likely N-dealkylation sites (N-methyl/N-ethyl adjacent to an activating group) is 1. The lowest BCUT2D eigenvalue weighted by Gasteiger charge is -2.35. The molecule has 3 aliphatic heterocycles. The lowest BCUT2D eigenvalue weighted by Crippen LogP contribution is -2.52. The highest BCUT2D eigenvalue weighted by molar-refractivity contribution is 6.05. The van der Waals surface area contributed by atoms with Crippen molar-refractivity contribution in [3.8, 4) is 0 Å². The second-order valence-corrected chi connectivity index (χ2v) is 7.89. The number of piperidine rings is 2. The van der Waals surface area contributed by atoms with Gasteiger partial charge in [-0.3, -0.25) is 24.6 Å². The Morgan fingerprint density at radius 3 is 2.82 bits per heavy atom. The molecule has 150 valence electrons. The summed E-state index contributed by atoms with van der Waals surface area (Å²) in [4.78, 5) is 40.5. The van der Waals surface area contributed by atoms with E-state index in [1.165, 1.54) is 0 Å². The van der Waals surface area contributed by atoms with Crippen LogP contribution in [0.3, 0.4) is 0 Å². The number of nitrogens with zero attached hydrogens (tertiary/aromatic N) is 2. The minimum atomic E-state index is -0.602. The quantitative estimate of drug-likeness (QED) is 0.609. The van der Waals surface area contributed by atoms with Crippen molar-refractivity contribution >= 4 is 17.7 Å². The summed E-state index contributed by atoms with van der Waals surface area (Å²) < 4.78 is 0. The molecule has 28 heavy (non-hydrogen) atoms. The van der Waals surface area contributed by atoms with Crippen LogP contribution in [0.4, 0.5) is 0 Å². The fourth-order valence-electron chi connectivity index (χ4n) is 4.55. The summed E-state index contributed by atoms with van der Waals surface area (Å²) in [6.07, 6.45) is 1.02. The molecule has 3 N–H and O–H groups in total. The van der Waals surface area contributed by atoms with E-state index in [4.69, 9.17) is 0 Å². The normalized spacial score (nSPS) is 27.9. The van der Waals surface area contributed by atoms with Gasteiger partial charge in [-0.25, -0.2) is 0 Å². The Morgan fingerprint density at radius 2 is 2.07 bits per heavy atom. The lowest BCUT2D eigenvalue weighted by atomic mass is 9.99. The summed E-state index contributed by atoms with van der Waals surface area (Å²) in [6, 6.07) is 5.23. The van der Waals surface area contributed by atoms with E-state index in [-0.39, 0.29) is 24.3 Å². The third-order valence-electron chi connectivity index (χ3n) is 6.04. The molecular weight excluding hydrogens is 360 g/mol. The summed E-state index contributed by atoms with van der Waals surface area (Å²) in [5, 5.41) is 15.8. The van der Waals surface area contributed by atoms with Crippen LogP contribution in [0.2, 0.25) is 0 Å². The summed E-state index contributed by atoms with van der Waals surface area (Å²) in [5.41, 5.74) is 2.47. The number of benzene rings is 1. The number of rotatable bonds is 4. The predicted molar refractivity (Wildman–Crippen MR) is 101 cm³/mol. The number of imide groups is 1. The van der Waals surface area contributed by atoms with Crippen LogP contribution in [0.5, 0.6) is 0 Å². The van der Waals surface area contributed by atoms with Crippen molar-refractivity contribution in [2.45, 2.75) is 50.5 Å². The van der Waals surface area contributed by atoms with Crippen LogP contribution in [0.25, 0.3) is 0 Å². The predicted octanol–water partition coefficient (Wildman–Crippen LogP) is -0.398. The molecule has 3 aliphatic rings. The molecule has 3 atom stereocenters. The summed E-state index contributed by atoms with van der Waals surface area (Å²) in [5.74, 6) is -0.832. The van der Waals surface area contributed by atoms with E-state index in [9.17, 15) is 19.5 Å². The number of aliphatic hydroxyl groups is 1. The molecule has 4 rings (SSSR count). The van der Waals surface area contributed by atoms with Gasteiger partial charge in [-0.05, 0) is 37.6 Å². The van der Waals surface area contributed by atoms with Crippen LogP contribution < -0.4 is 10.6 Å². The smallest absolute Gasteiger partial charge is 0.255 e. The van der Waals surface area contributed by atoms with E-state index in [1.54, 1.807) is 4.90 Å². The van der Waals surface area contributed by atoms with Crippen molar-refractivity contribution < 1.29 is 19.5 Å². The van der Waals surface area contributed by atoms with E-state index in [2.05, 4.69) is 15.5 Å². The Labute approximate surface area is 163 Å². The maximum absolute atomic E-state index is 13.1. The Bertz CT molecular complexity index is 811. The number of carbonyl (C=O) groups excluding carboxylic acids is 3. The van der Waals surface area contributed by atoms with Crippen LogP contribution in [0.1, 0.15) is 40.7 Å². The summed E-state index contributed by atoms with van der Waals surface area (Å²) >= 11 is 0. The first-order valence-electron chi connectivity index (χ1n) is 9.80. The number of amides is 3. The van der Waals surface area contributed by atoms with Gasteiger partial charge in [0.2, 0.25) is 11.8 Å². The number of nitrogens with one attached hydrogen (secondary N) is 2. The number of β-amino-alcohol motifs (C(OH)–C–C–N with tert-alkyl or cyclic N) is 1. The number of hydrogen-bond acceptors (Lipinski definition) is 6. The molecule has 8 nitrogen and oxygen atoms in total. The van der Waals surface area contributed by atoms with Gasteiger partial charge in [-0.2, -0.15) is 0 Å². The highest BCUT2D eigenvalue weighted by Crippen LogP contribution is 2.30. The Balaban J connectivity index is 1.53. The highest BCUT2D eigenvalue weighted by Gasteiger charge is 2.40. The molecular formula is C20H26N4O4. The van der Waals surface area contributed by atoms with Crippen molar-refractivity contribution in [3.63, 3.8) is 0 Å². The fraction of sp³-hybridized carbons (Fsp3) is 0.550. The van der Waals surface area contributed by atoms with E-state index < -0.39 is 18.1 Å². The number of hydrogen-bond donors (Lipinski definition) is 3. The van der Waals surface area contributed by atoms with Gasteiger partial charge >= 0.3 is 0 Å². The van der Waals surface area contributed by atoms with Crippen LogP contribution in [-0.4, -0.2) is 71.0 Å². The second-order valence-electron chi connectivity index (χ2n) is 7.89. The minimum Gasteiger partial charge on any atom is -0.390 e. The van der Waals surface area contributed by atoms with Crippen molar-refractivity contribution in [1.82, 2.24) is 20.4 Å². The van der Waals surface area contributed by atoms with Gasteiger partial charge in [0.1, 0.15) is 6.04 Å². The average molecular weight is 386 g/mol. The van der Waals surface area contributed by atoms with Gasteiger partial charge < -0.3 is 15.3 Å². The molecule has 3 amide bonds. The second kappa shape index (κ2) is 7.62. The highest BCUT2D eigenvalue weighted by atomic mass is 16.3. The molecule has 0 spiro atoms.